The van der Waals surface area contributed by atoms with Crippen LogP contribution in [-0.2, 0) is 14.8 Å². The molecular formula is C14H19N3O3S. The van der Waals surface area contributed by atoms with Crippen molar-refractivity contribution in [3.63, 3.8) is 0 Å². The Balaban J connectivity index is 1.60. The minimum atomic E-state index is -3.42. The highest BCUT2D eigenvalue weighted by Crippen LogP contribution is 2.22. The Morgan fingerprint density at radius 2 is 2.00 bits per heavy atom. The van der Waals surface area contributed by atoms with E-state index in [0.29, 0.717) is 22.8 Å². The third-order valence-electron chi connectivity index (χ3n) is 3.67. The van der Waals surface area contributed by atoms with E-state index in [1.165, 1.54) is 0 Å². The number of nitrogens with zero attached hydrogens (tertiary/aromatic N) is 2. The zero-order valence-electron chi connectivity index (χ0n) is 11.8. The van der Waals surface area contributed by atoms with Crippen LogP contribution in [0.5, 0.6) is 0 Å². The van der Waals surface area contributed by atoms with Crippen LogP contribution in [0.2, 0.25) is 0 Å². The maximum absolute atomic E-state index is 11.9. The normalized spacial score (nSPS) is 23.0. The third-order valence-corrected chi connectivity index (χ3v) is 5.07. The number of ether oxygens (including phenoxy) is 1. The van der Waals surface area contributed by atoms with Crippen molar-refractivity contribution in [1.82, 2.24) is 9.62 Å². The van der Waals surface area contributed by atoms with Crippen LogP contribution in [0.1, 0.15) is 12.0 Å². The van der Waals surface area contributed by atoms with E-state index < -0.39 is 10.0 Å². The number of amidine groups is 1. The molecule has 0 saturated carbocycles. The van der Waals surface area contributed by atoms with E-state index in [-0.39, 0.29) is 0 Å². The molecule has 1 saturated heterocycles. The van der Waals surface area contributed by atoms with Crippen LogP contribution < -0.4 is 4.72 Å². The molecular weight excluding hydrogens is 290 g/mol. The van der Waals surface area contributed by atoms with E-state index in [0.717, 1.165) is 39.3 Å². The number of hydrogen-bond acceptors (Lipinski definition) is 5. The van der Waals surface area contributed by atoms with Crippen LogP contribution in [0.3, 0.4) is 0 Å². The summed E-state index contributed by atoms with van der Waals surface area (Å²) in [7, 11) is -3.42. The van der Waals surface area contributed by atoms with Gasteiger partial charge in [0, 0.05) is 31.7 Å². The standard InChI is InChI=1S/C14H19N3O3S/c18-21(19)13-5-2-1-4-12(13)14(16-21)15-6-3-7-17-8-10-20-11-9-17/h1-2,4-5H,3,6-11H2,(H,15,16). The van der Waals surface area contributed by atoms with E-state index >= 15 is 0 Å². The molecule has 1 aromatic carbocycles. The number of benzene rings is 1. The number of aliphatic imine (C=N–C) groups is 1. The van der Waals surface area contributed by atoms with Crippen molar-refractivity contribution in [3.8, 4) is 0 Å². The van der Waals surface area contributed by atoms with Gasteiger partial charge < -0.3 is 4.74 Å². The van der Waals surface area contributed by atoms with Gasteiger partial charge in [0.15, 0.2) is 0 Å². The summed E-state index contributed by atoms with van der Waals surface area (Å²) in [6, 6.07) is 6.94. The molecule has 0 atom stereocenters. The van der Waals surface area contributed by atoms with Gasteiger partial charge in [-0.05, 0) is 18.6 Å². The predicted octanol–water partition coefficient (Wildman–Crippen LogP) is 0.447. The number of sulfonamides is 1. The minimum Gasteiger partial charge on any atom is -0.379 e. The van der Waals surface area contributed by atoms with Crippen LogP contribution in [-0.4, -0.2) is 58.5 Å². The first-order chi connectivity index (χ1) is 10.2. The van der Waals surface area contributed by atoms with E-state index in [4.69, 9.17) is 4.74 Å². The smallest absolute Gasteiger partial charge is 0.263 e. The lowest BCUT2D eigenvalue weighted by Crippen LogP contribution is -2.37. The Morgan fingerprint density at radius 1 is 1.24 bits per heavy atom. The molecule has 0 radical (unpaired) electrons. The molecule has 0 unspecified atom stereocenters. The molecule has 1 aromatic rings. The molecule has 1 N–H and O–H groups in total. The first-order valence-electron chi connectivity index (χ1n) is 7.13. The summed E-state index contributed by atoms with van der Waals surface area (Å²) >= 11 is 0. The van der Waals surface area contributed by atoms with Gasteiger partial charge in [0.2, 0.25) is 0 Å². The monoisotopic (exact) mass is 309 g/mol. The van der Waals surface area contributed by atoms with Gasteiger partial charge in [-0.1, -0.05) is 12.1 Å². The molecule has 0 aliphatic carbocycles. The minimum absolute atomic E-state index is 0.317. The zero-order valence-corrected chi connectivity index (χ0v) is 12.6. The second-order valence-electron chi connectivity index (χ2n) is 5.14. The summed E-state index contributed by atoms with van der Waals surface area (Å²) in [6.45, 7) is 5.10. The number of rotatable bonds is 4. The fraction of sp³-hybridized carbons (Fsp3) is 0.500. The second kappa shape index (κ2) is 6.13. The van der Waals surface area contributed by atoms with Crippen molar-refractivity contribution >= 4 is 15.9 Å². The third kappa shape index (κ3) is 3.25. The summed E-state index contributed by atoms with van der Waals surface area (Å²) in [5.74, 6) is 0.465. The average Bonchev–Trinajstić information content (AvgIpc) is 2.77. The molecule has 2 aliphatic heterocycles. The van der Waals surface area contributed by atoms with Crippen molar-refractivity contribution < 1.29 is 13.2 Å². The molecule has 3 rings (SSSR count). The highest BCUT2D eigenvalue weighted by Gasteiger charge is 2.29. The zero-order chi connectivity index (χ0) is 14.7. The van der Waals surface area contributed by atoms with Gasteiger partial charge in [-0.2, -0.15) is 0 Å². The second-order valence-corrected chi connectivity index (χ2v) is 6.79. The molecule has 21 heavy (non-hydrogen) atoms. The van der Waals surface area contributed by atoms with Crippen molar-refractivity contribution in [2.45, 2.75) is 11.3 Å². The van der Waals surface area contributed by atoms with Gasteiger partial charge in [0.25, 0.3) is 10.0 Å². The van der Waals surface area contributed by atoms with Crippen molar-refractivity contribution in [2.24, 2.45) is 4.99 Å². The molecule has 6 nitrogen and oxygen atoms in total. The highest BCUT2D eigenvalue weighted by molar-refractivity contribution is 7.90. The molecule has 2 heterocycles. The van der Waals surface area contributed by atoms with Gasteiger partial charge in [0.05, 0.1) is 18.1 Å². The lowest BCUT2D eigenvalue weighted by molar-refractivity contribution is 0.0377. The van der Waals surface area contributed by atoms with Crippen LogP contribution in [0.4, 0.5) is 0 Å². The number of nitrogens with one attached hydrogen (secondary N) is 1. The van der Waals surface area contributed by atoms with Crippen LogP contribution in [0.25, 0.3) is 0 Å². The van der Waals surface area contributed by atoms with Gasteiger partial charge in [-0.15, -0.1) is 0 Å². The Labute approximate surface area is 124 Å². The summed E-state index contributed by atoms with van der Waals surface area (Å²) in [4.78, 5) is 7.07. The quantitative estimate of drug-likeness (QED) is 0.820. The number of hydrogen-bond donors (Lipinski definition) is 1. The Bertz CT molecular complexity index is 637. The maximum Gasteiger partial charge on any atom is 0.263 e. The molecule has 0 amide bonds. The molecule has 1 fully saturated rings. The Kier molecular flexibility index (Phi) is 4.23. The van der Waals surface area contributed by atoms with Crippen molar-refractivity contribution in [1.29, 1.82) is 0 Å². The summed E-state index contributed by atoms with van der Waals surface area (Å²) < 4.78 is 31.7. The molecule has 0 aromatic heterocycles. The van der Waals surface area contributed by atoms with Gasteiger partial charge in [-0.3, -0.25) is 14.6 Å². The Morgan fingerprint density at radius 3 is 2.81 bits per heavy atom. The highest BCUT2D eigenvalue weighted by atomic mass is 32.2. The Hall–Kier alpha value is -1.44. The summed E-state index contributed by atoms with van der Waals surface area (Å²) in [5.41, 5.74) is 0.670. The molecule has 114 valence electrons. The van der Waals surface area contributed by atoms with E-state index in [1.54, 1.807) is 18.2 Å². The number of fused-ring (bicyclic) bond motifs is 1. The summed E-state index contributed by atoms with van der Waals surface area (Å²) in [5, 5.41) is 0. The molecule has 0 bridgehead atoms. The fourth-order valence-corrected chi connectivity index (χ4v) is 3.81. The maximum atomic E-state index is 11.9. The van der Waals surface area contributed by atoms with Crippen LogP contribution >= 0.6 is 0 Å². The fourth-order valence-electron chi connectivity index (χ4n) is 2.56. The first kappa shape index (κ1) is 14.5. The van der Waals surface area contributed by atoms with Crippen LogP contribution in [0.15, 0.2) is 34.2 Å². The lowest BCUT2D eigenvalue weighted by atomic mass is 10.2. The van der Waals surface area contributed by atoms with Crippen molar-refractivity contribution in [3.05, 3.63) is 29.8 Å². The van der Waals surface area contributed by atoms with Gasteiger partial charge in [0.1, 0.15) is 5.84 Å². The van der Waals surface area contributed by atoms with Crippen molar-refractivity contribution in [2.75, 3.05) is 39.4 Å². The van der Waals surface area contributed by atoms with E-state index in [2.05, 4.69) is 14.6 Å². The van der Waals surface area contributed by atoms with Gasteiger partial charge in [-0.25, -0.2) is 8.42 Å². The predicted molar refractivity (Wildman–Crippen MR) is 80.0 cm³/mol. The lowest BCUT2D eigenvalue weighted by Gasteiger charge is -2.26. The van der Waals surface area contributed by atoms with Gasteiger partial charge >= 0.3 is 0 Å². The van der Waals surface area contributed by atoms with E-state index in [9.17, 15) is 8.42 Å². The SMILES string of the molecule is O=S1(=O)NC(=NCCCN2CCOCC2)c2ccccc21. The summed E-state index contributed by atoms with van der Waals surface area (Å²) in [6.07, 6.45) is 0.910. The van der Waals surface area contributed by atoms with Crippen LogP contribution in [0, 0.1) is 0 Å². The number of morpholine rings is 1. The molecule has 2 aliphatic rings. The molecule has 0 spiro atoms. The average molecular weight is 309 g/mol. The first-order valence-corrected chi connectivity index (χ1v) is 8.62. The topological polar surface area (TPSA) is 71.0 Å². The van der Waals surface area contributed by atoms with E-state index in [1.807, 2.05) is 6.07 Å². The molecule has 7 heteroatoms. The largest absolute Gasteiger partial charge is 0.379 e.